The van der Waals surface area contributed by atoms with E-state index in [0.29, 0.717) is 84.8 Å². The van der Waals surface area contributed by atoms with Crippen molar-refractivity contribution < 1.29 is 66.5 Å². The lowest BCUT2D eigenvalue weighted by Gasteiger charge is -2.12. The molecule has 6 aromatic heterocycles. The number of amides is 3. The van der Waals surface area contributed by atoms with E-state index in [0.717, 1.165) is 49.7 Å². The van der Waals surface area contributed by atoms with E-state index in [1.807, 2.05) is 48.5 Å². The third kappa shape index (κ3) is 17.1. The minimum absolute atomic E-state index is 0.0906. The molecule has 6 heterocycles. The Morgan fingerprint density at radius 2 is 0.794 bits per heavy atom. The summed E-state index contributed by atoms with van der Waals surface area (Å²) in [4.78, 5) is 62.4. The third-order valence-electron chi connectivity index (χ3n) is 16.2. The number of alkyl halides is 9. The summed E-state index contributed by atoms with van der Waals surface area (Å²) in [6.45, 7) is 0. The number of fused-ring (bicyclic) bond motifs is 3. The van der Waals surface area contributed by atoms with Gasteiger partial charge in [0.1, 0.15) is 10.8 Å². The molecule has 3 fully saturated rings. The average Bonchev–Trinajstić information content (AvgIpc) is 1.23. The van der Waals surface area contributed by atoms with E-state index in [1.54, 1.807) is 143 Å². The molecule has 12 aromatic rings. The third-order valence-corrected chi connectivity index (χ3v) is 20.1. The van der Waals surface area contributed by atoms with Gasteiger partial charge in [0.25, 0.3) is 17.7 Å². The Morgan fingerprint density at radius 1 is 0.441 bits per heavy atom. The highest BCUT2D eigenvalue weighted by atomic mass is 32.2. The first-order valence-electron chi connectivity index (χ1n) is 31.7. The molecule has 1 unspecified atom stereocenters. The molecular formula is C72H57F9N12O6S3. The molecule has 102 heavy (non-hydrogen) atoms. The van der Waals surface area contributed by atoms with Gasteiger partial charge in [-0.3, -0.25) is 31.8 Å². The largest absolute Gasteiger partial charge is 0.403 e. The Balaban J connectivity index is 0.000000137. The second-order valence-corrected chi connectivity index (χ2v) is 28.5. The summed E-state index contributed by atoms with van der Waals surface area (Å²) in [5.74, 6) is -5.06. The maximum absolute atomic E-state index is 13.0. The van der Waals surface area contributed by atoms with Crippen LogP contribution >= 0.6 is 11.8 Å². The lowest BCUT2D eigenvalue weighted by molar-refractivity contribution is -0.107. The Bertz CT molecular complexity index is 5230. The lowest BCUT2D eigenvalue weighted by Crippen LogP contribution is -2.25. The second kappa shape index (κ2) is 28.8. The van der Waals surface area contributed by atoms with Crippen molar-refractivity contribution in [2.24, 2.45) is 0 Å². The van der Waals surface area contributed by atoms with E-state index in [-0.39, 0.29) is 62.9 Å². The zero-order valence-corrected chi connectivity index (χ0v) is 55.7. The second-order valence-electron chi connectivity index (χ2n) is 24.3. The summed E-state index contributed by atoms with van der Waals surface area (Å²) in [6, 6.07) is 48.1. The van der Waals surface area contributed by atoms with Crippen LogP contribution in [-0.2, 0) is 20.6 Å². The fourth-order valence-electron chi connectivity index (χ4n) is 10.7. The normalized spacial score (nSPS) is 14.3. The van der Waals surface area contributed by atoms with Gasteiger partial charge in [-0.2, -0.15) is 39.5 Å². The highest BCUT2D eigenvalue weighted by Gasteiger charge is 2.39. The number of carbonyl (C=O) groups is 3. The van der Waals surface area contributed by atoms with Crippen molar-refractivity contribution in [1.29, 1.82) is 0 Å². The van der Waals surface area contributed by atoms with Gasteiger partial charge in [0.15, 0.2) is 32.7 Å². The summed E-state index contributed by atoms with van der Waals surface area (Å²) in [5, 5.41) is 8.01. The molecule has 3 aliphatic rings. The molecule has 30 heteroatoms. The van der Waals surface area contributed by atoms with Gasteiger partial charge in [0.05, 0.1) is 69.3 Å². The highest BCUT2D eigenvalue weighted by molar-refractivity contribution is 7.99. The van der Waals surface area contributed by atoms with Crippen molar-refractivity contribution in [1.82, 2.24) is 59.1 Å². The first kappa shape index (κ1) is 69.9. The van der Waals surface area contributed by atoms with Gasteiger partial charge in [-0.1, -0.05) is 139 Å². The number of halogens is 9. The molecule has 0 saturated heterocycles. The number of rotatable bonds is 18. The van der Waals surface area contributed by atoms with Crippen LogP contribution in [0.2, 0.25) is 0 Å². The number of hydrogen-bond donors (Lipinski definition) is 3. The zero-order valence-electron chi connectivity index (χ0n) is 53.2. The number of carbonyl (C=O) groups excluding carboxylic acids is 3. The molecule has 3 amide bonds. The molecule has 3 saturated carbocycles. The zero-order chi connectivity index (χ0) is 71.7. The fourth-order valence-corrected chi connectivity index (χ4v) is 13.7. The van der Waals surface area contributed by atoms with Crippen molar-refractivity contribution in [3.8, 4) is 67.5 Å². The number of benzene rings is 6. The number of hydrogen-bond acceptors (Lipinski definition) is 13. The van der Waals surface area contributed by atoms with Crippen LogP contribution in [0, 0.1) is 0 Å². The highest BCUT2D eigenvalue weighted by Crippen LogP contribution is 2.36. The van der Waals surface area contributed by atoms with Crippen molar-refractivity contribution in [3.05, 3.63) is 218 Å². The van der Waals surface area contributed by atoms with Crippen LogP contribution in [0.15, 0.2) is 216 Å². The molecule has 0 aliphatic heterocycles. The molecule has 0 bridgehead atoms. The van der Waals surface area contributed by atoms with Gasteiger partial charge in [-0.25, -0.2) is 38.3 Å². The fraction of sp³-hybridized carbons (Fsp3) is 0.208. The van der Waals surface area contributed by atoms with Crippen LogP contribution in [-0.4, -0.2) is 127 Å². The molecule has 3 N–H and O–H groups in total. The molecule has 1 atom stereocenters. The van der Waals surface area contributed by atoms with E-state index in [1.165, 1.54) is 23.0 Å². The van der Waals surface area contributed by atoms with E-state index >= 15 is 0 Å². The number of sulfone groups is 1. The van der Waals surface area contributed by atoms with Gasteiger partial charge < -0.3 is 16.0 Å². The summed E-state index contributed by atoms with van der Waals surface area (Å²) >= 11 is 0.620. The molecule has 0 radical (unpaired) electrons. The number of thioether (sulfide) groups is 1. The van der Waals surface area contributed by atoms with Crippen LogP contribution in [0.4, 0.5) is 39.5 Å². The van der Waals surface area contributed by atoms with Gasteiger partial charge in [0, 0.05) is 86.8 Å². The molecule has 3 aliphatic carbocycles. The van der Waals surface area contributed by atoms with Gasteiger partial charge in [0.2, 0.25) is 9.84 Å². The van der Waals surface area contributed by atoms with Crippen LogP contribution in [0.5, 0.6) is 0 Å². The quantitative estimate of drug-likeness (QED) is 0.0537. The van der Waals surface area contributed by atoms with Gasteiger partial charge in [-0.15, -0.1) is 0 Å². The van der Waals surface area contributed by atoms with Crippen molar-refractivity contribution >= 4 is 67.1 Å². The van der Waals surface area contributed by atoms with Crippen molar-refractivity contribution in [2.45, 2.75) is 90.3 Å². The minimum atomic E-state index is -4.94. The SMILES string of the molecule is O=C(NC1CC1)c1ccc(-c2cnc3c(S(=O)(=O)CC(F)(F)F)nc(-c4ccccc4)cn23)cc1.O=C(NC1CC1)c1ccc(-c2cnc3c(S(=O)CC(F)(F)F)nc(-c4ccccc4)cn23)cc1.O=C(NC1CC1)c1ccc(-c2cnc3c(SCC(F)(F)F)nc(-c4ccccc4)cn23)cc1. The van der Waals surface area contributed by atoms with Crippen LogP contribution in [0.1, 0.15) is 69.6 Å². The summed E-state index contributed by atoms with van der Waals surface area (Å²) in [6.07, 6.45) is 1.51. The Labute approximate surface area is 582 Å². The lowest BCUT2D eigenvalue weighted by atomic mass is 10.1. The predicted octanol–water partition coefficient (Wildman–Crippen LogP) is 14.5. The van der Waals surface area contributed by atoms with Crippen LogP contribution in [0.3, 0.4) is 0 Å². The van der Waals surface area contributed by atoms with Crippen molar-refractivity contribution in [2.75, 3.05) is 17.3 Å². The van der Waals surface area contributed by atoms with E-state index in [4.69, 9.17) is 0 Å². The molecule has 15 rings (SSSR count). The molecule has 0 spiro atoms. The maximum atomic E-state index is 13.0. The van der Waals surface area contributed by atoms with E-state index in [2.05, 4.69) is 45.9 Å². The monoisotopic (exact) mass is 1450 g/mol. The molecule has 522 valence electrons. The standard InChI is InChI=1S/C24H19F3N4O3S.C24H19F3N4O2S.C24H19F3N4OS/c25-24(26,27)14-35(33,34)23-21-28-12-20(31(21)13-19(30-23)15-4-2-1-3-5-15)16-6-8-17(9-7-16)22(32)29-18-10-11-18;25-24(26,27)14-34(33)23-21-28-12-20(31(21)13-19(30-23)15-4-2-1-3-5-15)16-6-8-17(9-7-16)22(32)29-18-10-11-18;25-24(26,27)14-33-23-21-28-12-20(31(21)13-19(30-23)15-4-2-1-3-5-15)16-6-8-17(9-7-16)22(32)29-18-10-11-18/h1-9,12-13,18H,10-11,14H2,(H,29,32);1-9,12-13,18H,10-11,14H2,(H,29,32);1-9,12-13,18H,10-11,14H2,(H,29,32). The maximum Gasteiger partial charge on any atom is 0.403 e. The summed E-state index contributed by atoms with van der Waals surface area (Å²) in [5.41, 5.74) is 8.70. The number of nitrogens with one attached hydrogen (secondary N) is 3. The van der Waals surface area contributed by atoms with Gasteiger partial charge in [-0.05, 0) is 74.9 Å². The van der Waals surface area contributed by atoms with E-state index in [9.17, 15) is 66.5 Å². The number of imidazole rings is 3. The first-order chi connectivity index (χ1) is 48.8. The minimum Gasteiger partial charge on any atom is -0.349 e. The van der Waals surface area contributed by atoms with Gasteiger partial charge >= 0.3 is 18.5 Å². The molecule has 6 aromatic carbocycles. The molecular weight excluding hydrogens is 1400 g/mol. The topological polar surface area (TPSA) is 229 Å². The smallest absolute Gasteiger partial charge is 0.349 e. The predicted molar refractivity (Wildman–Crippen MR) is 365 cm³/mol. The number of nitrogens with zero attached hydrogens (tertiary/aromatic N) is 9. The average molecular weight is 1450 g/mol. The van der Waals surface area contributed by atoms with E-state index < -0.39 is 61.5 Å². The first-order valence-corrected chi connectivity index (χ1v) is 35.7. The summed E-state index contributed by atoms with van der Waals surface area (Å²) in [7, 11) is -7.28. The Morgan fingerprint density at radius 3 is 1.17 bits per heavy atom. The molecule has 18 nitrogen and oxygen atoms in total. The Kier molecular flexibility index (Phi) is 19.7. The van der Waals surface area contributed by atoms with Crippen LogP contribution in [0.25, 0.3) is 84.5 Å². The number of aromatic nitrogens is 9. The van der Waals surface area contributed by atoms with Crippen LogP contribution < -0.4 is 16.0 Å². The Hall–Kier alpha value is -10.6. The van der Waals surface area contributed by atoms with Crippen molar-refractivity contribution in [3.63, 3.8) is 0 Å². The summed E-state index contributed by atoms with van der Waals surface area (Å²) < 4.78 is 160.